The molecule has 4 rings (SSSR count). The fraction of sp³-hybridized carbons (Fsp3) is 0.500. The number of benzene rings is 2. The molecule has 1 aliphatic heterocycles. The first kappa shape index (κ1) is 25.6. The van der Waals surface area contributed by atoms with Gasteiger partial charge in [0.05, 0.1) is 25.4 Å². The molecule has 0 spiro atoms. The highest BCUT2D eigenvalue weighted by atomic mass is 16.5. The molecular formula is C30H39NO4. The monoisotopic (exact) mass is 477 g/mol. The van der Waals surface area contributed by atoms with E-state index in [-0.39, 0.29) is 18.6 Å². The molecule has 2 aliphatic rings. The van der Waals surface area contributed by atoms with Crippen LogP contribution in [0.15, 0.2) is 66.7 Å². The summed E-state index contributed by atoms with van der Waals surface area (Å²) in [6.45, 7) is 3.39. The van der Waals surface area contributed by atoms with Crippen molar-refractivity contribution >= 4 is 5.97 Å². The van der Waals surface area contributed by atoms with Gasteiger partial charge in [-0.1, -0.05) is 73.2 Å². The van der Waals surface area contributed by atoms with Gasteiger partial charge in [0, 0.05) is 12.5 Å². The van der Waals surface area contributed by atoms with Crippen molar-refractivity contribution in [3.8, 4) is 0 Å². The molecule has 5 heteroatoms. The van der Waals surface area contributed by atoms with Crippen LogP contribution in [0.25, 0.3) is 0 Å². The topological polar surface area (TPSA) is 59.0 Å². The first-order valence-corrected chi connectivity index (χ1v) is 13.1. The summed E-state index contributed by atoms with van der Waals surface area (Å²) < 4.78 is 12.8. The number of nitrogens with zero attached hydrogens (tertiary/aromatic N) is 1. The van der Waals surface area contributed by atoms with Crippen molar-refractivity contribution in [2.24, 2.45) is 0 Å². The molecule has 0 bridgehead atoms. The molecule has 1 N–H and O–H groups in total. The summed E-state index contributed by atoms with van der Waals surface area (Å²) in [6.07, 6.45) is 11.6. The number of carboxylic acids is 1. The van der Waals surface area contributed by atoms with E-state index in [0.717, 1.165) is 32.4 Å². The van der Waals surface area contributed by atoms with Crippen LogP contribution in [0.2, 0.25) is 0 Å². The lowest BCUT2D eigenvalue weighted by Crippen LogP contribution is -2.47. The van der Waals surface area contributed by atoms with E-state index in [2.05, 4.69) is 59.5 Å². The normalized spacial score (nSPS) is 23.1. The van der Waals surface area contributed by atoms with Crippen molar-refractivity contribution in [2.75, 3.05) is 19.7 Å². The fourth-order valence-corrected chi connectivity index (χ4v) is 5.30. The van der Waals surface area contributed by atoms with Gasteiger partial charge in [-0.25, -0.2) is 0 Å². The summed E-state index contributed by atoms with van der Waals surface area (Å²) >= 11 is 0. The maximum absolute atomic E-state index is 10.7. The number of carboxylic acid groups (broad SMARTS) is 1. The zero-order valence-electron chi connectivity index (χ0n) is 20.7. The third-order valence-electron chi connectivity index (χ3n) is 7.17. The van der Waals surface area contributed by atoms with Gasteiger partial charge in [0.1, 0.15) is 0 Å². The predicted octanol–water partition coefficient (Wildman–Crippen LogP) is 5.62. The average molecular weight is 478 g/mol. The van der Waals surface area contributed by atoms with Gasteiger partial charge in [0.2, 0.25) is 0 Å². The quantitative estimate of drug-likeness (QED) is 0.402. The predicted molar refractivity (Wildman–Crippen MR) is 138 cm³/mol. The van der Waals surface area contributed by atoms with Crippen molar-refractivity contribution in [1.29, 1.82) is 0 Å². The number of piperidine rings is 1. The number of carbonyl (C=O) groups is 1. The van der Waals surface area contributed by atoms with Gasteiger partial charge < -0.3 is 14.6 Å². The molecule has 0 aromatic heterocycles. The minimum atomic E-state index is -0.766. The summed E-state index contributed by atoms with van der Waals surface area (Å²) in [5.41, 5.74) is 3.82. The van der Waals surface area contributed by atoms with Crippen LogP contribution in [-0.4, -0.2) is 53.9 Å². The van der Waals surface area contributed by atoms with Crippen molar-refractivity contribution in [3.05, 3.63) is 83.4 Å². The molecule has 2 fully saturated rings. The first-order chi connectivity index (χ1) is 17.2. The van der Waals surface area contributed by atoms with Crippen molar-refractivity contribution in [1.82, 2.24) is 4.90 Å². The molecule has 2 aromatic rings. The van der Waals surface area contributed by atoms with E-state index in [9.17, 15) is 4.79 Å². The van der Waals surface area contributed by atoms with Gasteiger partial charge in [-0.05, 0) is 68.3 Å². The summed E-state index contributed by atoms with van der Waals surface area (Å²) in [6, 6.07) is 19.7. The Labute approximate surface area is 209 Å². The van der Waals surface area contributed by atoms with Crippen LogP contribution in [0.5, 0.6) is 0 Å². The number of allylic oxidation sites excluding steroid dienone is 1. The lowest BCUT2D eigenvalue weighted by molar-refractivity contribution is -0.136. The lowest BCUT2D eigenvalue weighted by atomic mass is 10.0. The second-order valence-electron chi connectivity index (χ2n) is 9.77. The molecule has 3 atom stereocenters. The highest BCUT2D eigenvalue weighted by Crippen LogP contribution is 2.32. The van der Waals surface area contributed by atoms with Crippen molar-refractivity contribution < 1.29 is 19.4 Å². The van der Waals surface area contributed by atoms with Crippen LogP contribution in [0.4, 0.5) is 0 Å². The van der Waals surface area contributed by atoms with Crippen LogP contribution >= 0.6 is 0 Å². The van der Waals surface area contributed by atoms with E-state index in [4.69, 9.17) is 14.6 Å². The molecule has 0 radical (unpaired) electrons. The third kappa shape index (κ3) is 8.03. The van der Waals surface area contributed by atoms with Gasteiger partial charge >= 0.3 is 5.97 Å². The van der Waals surface area contributed by atoms with Crippen molar-refractivity contribution in [2.45, 2.75) is 76.2 Å². The number of hydrogen-bond acceptors (Lipinski definition) is 4. The maximum Gasteiger partial charge on any atom is 0.303 e. The van der Waals surface area contributed by atoms with Crippen LogP contribution in [-0.2, 0) is 27.3 Å². The second-order valence-corrected chi connectivity index (χ2v) is 9.77. The summed E-state index contributed by atoms with van der Waals surface area (Å²) in [5, 5.41) is 8.80. The molecule has 0 unspecified atom stereocenters. The first-order valence-electron chi connectivity index (χ1n) is 13.1. The molecular weight excluding hydrogens is 438 g/mol. The number of rotatable bonds is 12. The molecule has 0 amide bonds. The van der Waals surface area contributed by atoms with Gasteiger partial charge in [-0.15, -0.1) is 0 Å². The summed E-state index contributed by atoms with van der Waals surface area (Å²) in [5.74, 6) is -0.766. The number of ether oxygens (including phenoxy) is 2. The molecule has 5 nitrogen and oxygen atoms in total. The highest BCUT2D eigenvalue weighted by Gasteiger charge is 2.41. The van der Waals surface area contributed by atoms with E-state index < -0.39 is 5.97 Å². The maximum atomic E-state index is 10.7. The second kappa shape index (κ2) is 13.6. The Morgan fingerprint density at radius 1 is 0.886 bits per heavy atom. The van der Waals surface area contributed by atoms with E-state index in [0.29, 0.717) is 25.7 Å². The molecule has 188 valence electrons. The Bertz CT molecular complexity index is 921. The van der Waals surface area contributed by atoms with Gasteiger partial charge in [-0.3, -0.25) is 9.69 Å². The highest BCUT2D eigenvalue weighted by molar-refractivity contribution is 5.66. The zero-order chi connectivity index (χ0) is 24.3. The Morgan fingerprint density at radius 2 is 1.60 bits per heavy atom. The summed E-state index contributed by atoms with van der Waals surface area (Å²) in [7, 11) is 0. The van der Waals surface area contributed by atoms with E-state index >= 15 is 0 Å². The number of likely N-dealkylation sites (tertiary alicyclic amines) is 1. The van der Waals surface area contributed by atoms with Crippen LogP contribution in [0.3, 0.4) is 0 Å². The molecule has 1 aliphatic carbocycles. The Hall–Kier alpha value is -2.47. The minimum absolute atomic E-state index is 0.0505. The van der Waals surface area contributed by atoms with E-state index in [1.54, 1.807) is 0 Å². The van der Waals surface area contributed by atoms with Gasteiger partial charge in [0.25, 0.3) is 0 Å². The minimum Gasteiger partial charge on any atom is -0.481 e. The standard InChI is InChI=1S/C30H39NO4/c32-29(33)12-6-2-9-21-34-30-27(31-19-7-3-8-20-31)17-18-28(30)35-23-26-15-13-25(14-16-26)22-24-10-4-1-5-11-24/h1-2,4-5,9-11,13-16,27-28,30H,3,6-8,12,17-23H2,(H,32,33)/t27-,28-,30+/m0/s1. The molecule has 35 heavy (non-hydrogen) atoms. The summed E-state index contributed by atoms with van der Waals surface area (Å²) in [4.78, 5) is 13.3. The van der Waals surface area contributed by atoms with E-state index in [1.165, 1.54) is 36.0 Å². The molecule has 1 heterocycles. The SMILES string of the molecule is O=C(O)CCC=CCO[C@H]1[C@@H](OCc2ccc(Cc3ccccc3)cc2)CC[C@@H]1N1CCCCC1. The van der Waals surface area contributed by atoms with Crippen LogP contribution in [0, 0.1) is 0 Å². The number of aliphatic carboxylic acids is 1. The zero-order valence-corrected chi connectivity index (χ0v) is 20.7. The van der Waals surface area contributed by atoms with Gasteiger partial charge in [-0.2, -0.15) is 0 Å². The van der Waals surface area contributed by atoms with Crippen LogP contribution in [0.1, 0.15) is 61.6 Å². The molecule has 1 saturated carbocycles. The fourth-order valence-electron chi connectivity index (χ4n) is 5.30. The number of hydrogen-bond donors (Lipinski definition) is 1. The van der Waals surface area contributed by atoms with Gasteiger partial charge in [0.15, 0.2) is 0 Å². The smallest absolute Gasteiger partial charge is 0.303 e. The molecule has 2 aromatic carbocycles. The van der Waals surface area contributed by atoms with Crippen LogP contribution < -0.4 is 0 Å². The average Bonchev–Trinajstić information content (AvgIpc) is 3.29. The van der Waals surface area contributed by atoms with Crippen molar-refractivity contribution in [3.63, 3.8) is 0 Å². The Balaban J connectivity index is 1.31. The third-order valence-corrected chi connectivity index (χ3v) is 7.17. The van der Waals surface area contributed by atoms with E-state index in [1.807, 2.05) is 12.2 Å². The Kier molecular flexibility index (Phi) is 9.94. The molecule has 1 saturated heterocycles. The Morgan fingerprint density at radius 3 is 2.34 bits per heavy atom. The largest absolute Gasteiger partial charge is 0.481 e. The lowest BCUT2D eigenvalue weighted by Gasteiger charge is -2.36.